The first-order valence-corrected chi connectivity index (χ1v) is 10.6. The van der Waals surface area contributed by atoms with Gasteiger partial charge in [0.05, 0.1) is 30.6 Å². The lowest BCUT2D eigenvalue weighted by Crippen LogP contribution is -2.49. The summed E-state index contributed by atoms with van der Waals surface area (Å²) in [5, 5.41) is 0. The number of carbonyl (C=O) groups is 2. The van der Waals surface area contributed by atoms with Crippen molar-refractivity contribution >= 4 is 17.5 Å². The van der Waals surface area contributed by atoms with Gasteiger partial charge in [-0.25, -0.2) is 14.9 Å². The Kier molecular flexibility index (Phi) is 10.1. The van der Waals surface area contributed by atoms with E-state index in [0.717, 1.165) is 44.9 Å². The Morgan fingerprint density at radius 3 is 2.18 bits per heavy atom. The van der Waals surface area contributed by atoms with Gasteiger partial charge in [0.2, 0.25) is 11.8 Å². The maximum absolute atomic E-state index is 13.8. The van der Waals surface area contributed by atoms with Crippen LogP contribution < -0.4 is 9.64 Å². The van der Waals surface area contributed by atoms with Gasteiger partial charge >= 0.3 is 6.01 Å². The van der Waals surface area contributed by atoms with Crippen molar-refractivity contribution in [2.24, 2.45) is 11.3 Å². The standard InChI is InChI=1S/C22H37N3O3/c1-7-10-11-12-14-22(13-8-2,17(4)9-3)20(27)25(18(5)26)19-15-23-21(28-6)24-16-19/h15-17H,7-14H2,1-6H3. The van der Waals surface area contributed by atoms with Gasteiger partial charge in [0, 0.05) is 6.92 Å². The third kappa shape index (κ3) is 5.76. The zero-order chi connectivity index (χ0) is 21.2. The Balaban J connectivity index is 3.31. The molecule has 0 spiro atoms. The summed E-state index contributed by atoms with van der Waals surface area (Å²) in [4.78, 5) is 35.8. The van der Waals surface area contributed by atoms with E-state index in [4.69, 9.17) is 4.74 Å². The van der Waals surface area contributed by atoms with Crippen molar-refractivity contribution < 1.29 is 14.3 Å². The van der Waals surface area contributed by atoms with E-state index in [0.29, 0.717) is 5.69 Å². The summed E-state index contributed by atoms with van der Waals surface area (Å²) in [6, 6.07) is 0.209. The summed E-state index contributed by atoms with van der Waals surface area (Å²) in [5.74, 6) is -0.250. The molecule has 158 valence electrons. The molecule has 2 amide bonds. The van der Waals surface area contributed by atoms with Gasteiger partial charge in [0.1, 0.15) is 0 Å². The second-order valence-corrected chi connectivity index (χ2v) is 7.61. The number of imide groups is 1. The number of methoxy groups -OCH3 is 1. The Labute approximate surface area is 170 Å². The Hall–Kier alpha value is -1.98. The van der Waals surface area contributed by atoms with E-state index in [-0.39, 0.29) is 23.7 Å². The van der Waals surface area contributed by atoms with Gasteiger partial charge in [-0.05, 0) is 18.8 Å². The number of rotatable bonds is 12. The molecule has 0 N–H and O–H groups in total. The molecule has 0 aromatic carbocycles. The van der Waals surface area contributed by atoms with E-state index in [1.165, 1.54) is 37.7 Å². The monoisotopic (exact) mass is 391 g/mol. The molecule has 2 atom stereocenters. The highest BCUT2D eigenvalue weighted by Crippen LogP contribution is 2.43. The summed E-state index contributed by atoms with van der Waals surface area (Å²) in [6.45, 7) is 9.96. The van der Waals surface area contributed by atoms with Crippen molar-refractivity contribution in [1.29, 1.82) is 0 Å². The van der Waals surface area contributed by atoms with Crippen LogP contribution in [0.3, 0.4) is 0 Å². The van der Waals surface area contributed by atoms with Crippen molar-refractivity contribution in [1.82, 2.24) is 9.97 Å². The number of hydrogen-bond donors (Lipinski definition) is 0. The minimum absolute atomic E-state index is 0.124. The number of ether oxygens (including phenoxy) is 1. The van der Waals surface area contributed by atoms with Crippen LogP contribution in [0.25, 0.3) is 0 Å². The zero-order valence-electron chi connectivity index (χ0n) is 18.5. The van der Waals surface area contributed by atoms with Crippen molar-refractivity contribution in [3.8, 4) is 6.01 Å². The van der Waals surface area contributed by atoms with Crippen LogP contribution in [0.15, 0.2) is 12.4 Å². The summed E-state index contributed by atoms with van der Waals surface area (Å²) in [5.41, 5.74) is -0.154. The number of hydrogen-bond acceptors (Lipinski definition) is 5. The Morgan fingerprint density at radius 2 is 1.71 bits per heavy atom. The quantitative estimate of drug-likeness (QED) is 0.460. The summed E-state index contributed by atoms with van der Waals surface area (Å²) in [7, 11) is 1.48. The molecule has 0 saturated carbocycles. The van der Waals surface area contributed by atoms with Gasteiger partial charge in [-0.15, -0.1) is 0 Å². The molecule has 0 aliphatic heterocycles. The fourth-order valence-corrected chi connectivity index (χ4v) is 3.94. The maximum Gasteiger partial charge on any atom is 0.316 e. The van der Waals surface area contributed by atoms with Crippen LogP contribution in [0.2, 0.25) is 0 Å². The molecule has 1 aromatic rings. The number of unbranched alkanes of at least 4 members (excludes halogenated alkanes) is 3. The van der Waals surface area contributed by atoms with Gasteiger partial charge in [0.25, 0.3) is 0 Å². The van der Waals surface area contributed by atoms with Gasteiger partial charge in [-0.3, -0.25) is 9.59 Å². The highest BCUT2D eigenvalue weighted by Gasteiger charge is 2.45. The topological polar surface area (TPSA) is 72.4 Å². The molecule has 2 unspecified atom stereocenters. The normalized spacial score (nSPS) is 14.2. The molecule has 0 fully saturated rings. The van der Waals surface area contributed by atoms with E-state index < -0.39 is 5.41 Å². The minimum atomic E-state index is -0.553. The second kappa shape index (κ2) is 11.8. The average molecular weight is 392 g/mol. The van der Waals surface area contributed by atoms with E-state index in [1.54, 1.807) is 0 Å². The first kappa shape index (κ1) is 24.1. The number of anilines is 1. The molecule has 1 rings (SSSR count). The van der Waals surface area contributed by atoms with E-state index in [9.17, 15) is 9.59 Å². The molecule has 28 heavy (non-hydrogen) atoms. The molecule has 0 bridgehead atoms. The van der Waals surface area contributed by atoms with Crippen LogP contribution in [0.1, 0.15) is 86.0 Å². The van der Waals surface area contributed by atoms with E-state index in [2.05, 4.69) is 37.7 Å². The fraction of sp³-hybridized carbons (Fsp3) is 0.727. The van der Waals surface area contributed by atoms with Crippen LogP contribution in [-0.2, 0) is 9.59 Å². The number of amides is 2. The van der Waals surface area contributed by atoms with Crippen molar-refractivity contribution in [2.75, 3.05) is 12.0 Å². The second-order valence-electron chi connectivity index (χ2n) is 7.61. The zero-order valence-corrected chi connectivity index (χ0v) is 18.5. The summed E-state index contributed by atoms with van der Waals surface area (Å²) < 4.78 is 5.00. The molecule has 6 nitrogen and oxygen atoms in total. The van der Waals surface area contributed by atoms with E-state index in [1.807, 2.05) is 0 Å². The number of nitrogens with zero attached hydrogens (tertiary/aromatic N) is 3. The first-order chi connectivity index (χ1) is 13.4. The van der Waals surface area contributed by atoms with Crippen molar-refractivity contribution in [2.45, 2.75) is 86.0 Å². The van der Waals surface area contributed by atoms with Gasteiger partial charge < -0.3 is 4.74 Å². The highest BCUT2D eigenvalue weighted by atomic mass is 16.5. The molecule has 1 heterocycles. The molecule has 0 aliphatic carbocycles. The summed E-state index contributed by atoms with van der Waals surface area (Å²) in [6.07, 6.45) is 10.8. The smallest absolute Gasteiger partial charge is 0.316 e. The Bertz CT molecular complexity index is 618. The molecule has 0 saturated heterocycles. The predicted octanol–water partition coefficient (Wildman–Crippen LogP) is 5.17. The Morgan fingerprint density at radius 1 is 1.07 bits per heavy atom. The fourth-order valence-electron chi connectivity index (χ4n) is 3.94. The molecular weight excluding hydrogens is 354 g/mol. The lowest BCUT2D eigenvalue weighted by molar-refractivity contribution is -0.136. The molecule has 1 aromatic heterocycles. The molecule has 0 aliphatic rings. The largest absolute Gasteiger partial charge is 0.467 e. The third-order valence-electron chi connectivity index (χ3n) is 5.73. The van der Waals surface area contributed by atoms with Gasteiger partial charge in [0.15, 0.2) is 0 Å². The van der Waals surface area contributed by atoms with E-state index >= 15 is 0 Å². The lowest BCUT2D eigenvalue weighted by Gasteiger charge is -2.40. The van der Waals surface area contributed by atoms with Gasteiger partial charge in [-0.2, -0.15) is 0 Å². The van der Waals surface area contributed by atoms with Crippen LogP contribution in [0, 0.1) is 11.3 Å². The SMILES string of the molecule is CCCCCCC(CCC)(C(=O)N(C(C)=O)c1cnc(OC)nc1)C(C)CC. The van der Waals surface area contributed by atoms with Crippen LogP contribution in [0.5, 0.6) is 6.01 Å². The third-order valence-corrected chi connectivity index (χ3v) is 5.73. The van der Waals surface area contributed by atoms with Crippen LogP contribution in [0.4, 0.5) is 5.69 Å². The highest BCUT2D eigenvalue weighted by molar-refractivity contribution is 6.15. The lowest BCUT2D eigenvalue weighted by atomic mass is 9.67. The molecule has 6 heteroatoms. The first-order valence-electron chi connectivity index (χ1n) is 10.6. The number of carbonyl (C=O) groups excluding carboxylic acids is 2. The van der Waals surface area contributed by atoms with Crippen LogP contribution in [-0.4, -0.2) is 28.9 Å². The van der Waals surface area contributed by atoms with Crippen LogP contribution >= 0.6 is 0 Å². The van der Waals surface area contributed by atoms with Gasteiger partial charge in [-0.1, -0.05) is 66.2 Å². The average Bonchev–Trinajstić information content (AvgIpc) is 2.70. The maximum atomic E-state index is 13.8. The number of aromatic nitrogens is 2. The summed E-state index contributed by atoms with van der Waals surface area (Å²) >= 11 is 0. The molecule has 0 radical (unpaired) electrons. The van der Waals surface area contributed by atoms with Crippen molar-refractivity contribution in [3.05, 3.63) is 12.4 Å². The predicted molar refractivity (Wildman–Crippen MR) is 112 cm³/mol. The van der Waals surface area contributed by atoms with Crippen molar-refractivity contribution in [3.63, 3.8) is 0 Å². The molecular formula is C22H37N3O3. The minimum Gasteiger partial charge on any atom is -0.467 e.